The molecule has 0 amide bonds. The molecule has 0 saturated heterocycles. The molecule has 0 spiro atoms. The highest BCUT2D eigenvalue weighted by atomic mass is 32.2. The number of anilines is 1. The van der Waals surface area contributed by atoms with Gasteiger partial charge in [0, 0.05) is 23.9 Å². The number of nitrogens with one attached hydrogen (secondary N) is 1. The van der Waals surface area contributed by atoms with E-state index in [0.717, 1.165) is 6.20 Å². The van der Waals surface area contributed by atoms with Gasteiger partial charge in [-0.25, -0.2) is 22.8 Å². The number of aliphatic imine (C=N–C) groups is 2. The first-order valence-corrected chi connectivity index (χ1v) is 12.6. The summed E-state index contributed by atoms with van der Waals surface area (Å²) in [7, 11) is -1.13. The summed E-state index contributed by atoms with van der Waals surface area (Å²) in [5, 5.41) is 7.31. The Balaban J connectivity index is 2.14. The van der Waals surface area contributed by atoms with Crippen LogP contribution >= 0.6 is 0 Å². The Morgan fingerprint density at radius 3 is 2.38 bits per heavy atom. The average Bonchev–Trinajstić information content (AvgIpc) is 3.30. The fourth-order valence-electron chi connectivity index (χ4n) is 3.45. The number of halogens is 1. The summed E-state index contributed by atoms with van der Waals surface area (Å²) in [5.41, 5.74) is 0.960. The van der Waals surface area contributed by atoms with Crippen LogP contribution in [0.1, 0.15) is 20.8 Å². The molecule has 0 radical (unpaired) electrons. The number of amidine groups is 1. The van der Waals surface area contributed by atoms with E-state index in [1.54, 1.807) is 49.6 Å². The van der Waals surface area contributed by atoms with Crippen LogP contribution in [0.5, 0.6) is 11.5 Å². The predicted octanol–water partition coefficient (Wildman–Crippen LogP) is 4.04. The summed E-state index contributed by atoms with van der Waals surface area (Å²) < 4.78 is 55.2. The Morgan fingerprint density at radius 2 is 1.84 bits per heavy atom. The third-order valence-corrected chi connectivity index (χ3v) is 7.43. The summed E-state index contributed by atoms with van der Waals surface area (Å²) in [4.78, 5) is 11.8. The van der Waals surface area contributed by atoms with Crippen molar-refractivity contribution in [1.29, 1.82) is 0 Å². The number of rotatable bonds is 10. The van der Waals surface area contributed by atoms with Gasteiger partial charge in [-0.1, -0.05) is 13.0 Å². The maximum atomic E-state index is 13.5. The smallest absolute Gasteiger partial charge is 0.243 e. The van der Waals surface area contributed by atoms with Gasteiger partial charge in [0.15, 0.2) is 5.82 Å². The monoisotopic (exact) mass is 529 g/mol. The van der Waals surface area contributed by atoms with Crippen molar-refractivity contribution in [3.63, 3.8) is 0 Å². The molecule has 3 rings (SSSR count). The topological polar surface area (TPSA) is 133 Å². The van der Waals surface area contributed by atoms with Crippen molar-refractivity contribution in [3.05, 3.63) is 54.8 Å². The van der Waals surface area contributed by atoms with Crippen molar-refractivity contribution >= 4 is 28.5 Å². The normalized spacial score (nSPS) is 14.1. The molecule has 3 aromatic rings. The molecule has 0 saturated carbocycles. The zero-order chi connectivity index (χ0) is 27.2. The van der Waals surface area contributed by atoms with E-state index in [1.807, 2.05) is 0 Å². The second-order valence-corrected chi connectivity index (χ2v) is 9.98. The van der Waals surface area contributed by atoms with Gasteiger partial charge in [-0.2, -0.15) is 0 Å². The largest absolute Gasteiger partial charge is 0.494 e. The van der Waals surface area contributed by atoms with E-state index >= 15 is 0 Å². The van der Waals surface area contributed by atoms with Gasteiger partial charge in [0.2, 0.25) is 16.0 Å². The minimum absolute atomic E-state index is 0.0683. The molecule has 0 unspecified atom stereocenters. The lowest BCUT2D eigenvalue weighted by Crippen LogP contribution is -2.35. The lowest BCUT2D eigenvalue weighted by molar-refractivity contribution is 0.391. The van der Waals surface area contributed by atoms with E-state index < -0.39 is 27.0 Å². The molecular weight excluding hydrogens is 501 g/mol. The maximum Gasteiger partial charge on any atom is 0.243 e. The van der Waals surface area contributed by atoms with Crippen molar-refractivity contribution in [2.45, 2.75) is 26.0 Å². The van der Waals surface area contributed by atoms with Crippen LogP contribution in [0, 0.1) is 5.92 Å². The molecule has 2 atom stereocenters. The third kappa shape index (κ3) is 6.00. The summed E-state index contributed by atoms with van der Waals surface area (Å²) in [6.45, 7) is 7.73. The zero-order valence-corrected chi connectivity index (χ0v) is 21.9. The molecule has 11 nitrogen and oxygen atoms in total. The summed E-state index contributed by atoms with van der Waals surface area (Å²) in [5.74, 6) is -0.240. The highest BCUT2D eigenvalue weighted by molar-refractivity contribution is 7.93. The number of ether oxygens (including phenoxy) is 2. The van der Waals surface area contributed by atoms with Gasteiger partial charge >= 0.3 is 0 Å². The molecule has 37 heavy (non-hydrogen) atoms. The molecule has 0 fully saturated rings. The van der Waals surface area contributed by atoms with Gasteiger partial charge in [0.1, 0.15) is 28.8 Å². The second kappa shape index (κ2) is 11.7. The standard InChI is InChI=1S/C24H28FN7O4S/c1-15(25)13-28-22(26-4)16(2)17(3)37(33,34)31-24-30-29-23(18-9-8-12-27-14-18)32(24)21-19(35-5)10-7-11-20(21)36-6/h7-14,16-17H,4H2,1-3,5-6H3,(H,30,31)/b15-13+,28-22?/t16-,17-/m1/s1. The highest BCUT2D eigenvalue weighted by Crippen LogP contribution is 2.37. The second-order valence-electron chi connectivity index (χ2n) is 7.94. The van der Waals surface area contributed by atoms with Crippen molar-refractivity contribution in [2.24, 2.45) is 15.9 Å². The molecule has 0 bridgehead atoms. The molecular formula is C24H28FN7O4S. The summed E-state index contributed by atoms with van der Waals surface area (Å²) in [6.07, 6.45) is 4.13. The van der Waals surface area contributed by atoms with Crippen LogP contribution in [0.15, 0.2) is 64.7 Å². The molecule has 1 aromatic carbocycles. The van der Waals surface area contributed by atoms with Gasteiger partial charge in [-0.3, -0.25) is 14.3 Å². The number of hydrogen-bond acceptors (Lipinski definition) is 8. The number of nitrogens with zero attached hydrogens (tertiary/aromatic N) is 6. The Labute approximate surface area is 214 Å². The molecule has 2 aromatic heterocycles. The van der Waals surface area contributed by atoms with Gasteiger partial charge in [-0.15, -0.1) is 10.2 Å². The molecule has 196 valence electrons. The van der Waals surface area contributed by atoms with Crippen molar-refractivity contribution in [3.8, 4) is 28.6 Å². The number of pyridine rings is 1. The average molecular weight is 530 g/mol. The Hall–Kier alpha value is -4.13. The van der Waals surface area contributed by atoms with E-state index in [9.17, 15) is 12.8 Å². The predicted molar refractivity (Wildman–Crippen MR) is 141 cm³/mol. The van der Waals surface area contributed by atoms with E-state index in [4.69, 9.17) is 9.47 Å². The number of aromatic nitrogens is 4. The van der Waals surface area contributed by atoms with Gasteiger partial charge < -0.3 is 9.47 Å². The van der Waals surface area contributed by atoms with Gasteiger partial charge in [0.05, 0.1) is 25.7 Å². The van der Waals surface area contributed by atoms with E-state index in [2.05, 4.69) is 36.6 Å². The molecule has 0 aliphatic carbocycles. The number of para-hydroxylation sites is 1. The van der Waals surface area contributed by atoms with Gasteiger partial charge in [-0.05, 0) is 44.8 Å². The number of hydrogen-bond donors (Lipinski definition) is 1. The Bertz CT molecular complexity index is 1400. The van der Waals surface area contributed by atoms with Crippen LogP contribution in [0.25, 0.3) is 17.1 Å². The Kier molecular flexibility index (Phi) is 8.71. The first-order chi connectivity index (χ1) is 17.6. The third-order valence-electron chi connectivity index (χ3n) is 5.58. The summed E-state index contributed by atoms with van der Waals surface area (Å²) >= 11 is 0. The minimum Gasteiger partial charge on any atom is -0.494 e. The highest BCUT2D eigenvalue weighted by Gasteiger charge is 2.32. The zero-order valence-electron chi connectivity index (χ0n) is 21.1. The maximum absolute atomic E-state index is 13.5. The van der Waals surface area contributed by atoms with Crippen molar-refractivity contribution in [1.82, 2.24) is 19.7 Å². The van der Waals surface area contributed by atoms with Crippen LogP contribution in [0.4, 0.5) is 10.3 Å². The number of allylic oxidation sites excluding steroid dienone is 1. The first-order valence-electron chi connectivity index (χ1n) is 11.1. The van der Waals surface area contributed by atoms with E-state index in [1.165, 1.54) is 32.6 Å². The van der Waals surface area contributed by atoms with Crippen LogP contribution in [0.2, 0.25) is 0 Å². The quantitative estimate of drug-likeness (QED) is 0.309. The first kappa shape index (κ1) is 27.5. The fourth-order valence-corrected chi connectivity index (χ4v) is 4.68. The molecule has 2 heterocycles. The minimum atomic E-state index is -4.10. The van der Waals surface area contributed by atoms with E-state index in [-0.39, 0.29) is 11.8 Å². The lowest BCUT2D eigenvalue weighted by Gasteiger charge is -2.21. The lowest BCUT2D eigenvalue weighted by atomic mass is 10.1. The number of methoxy groups -OCH3 is 2. The number of sulfonamides is 1. The Morgan fingerprint density at radius 1 is 1.16 bits per heavy atom. The molecule has 0 aliphatic heterocycles. The van der Waals surface area contributed by atoms with Crippen LogP contribution in [-0.4, -0.2) is 60.2 Å². The van der Waals surface area contributed by atoms with Crippen LogP contribution in [-0.2, 0) is 10.0 Å². The fraction of sp³-hybridized carbons (Fsp3) is 0.292. The van der Waals surface area contributed by atoms with E-state index in [0.29, 0.717) is 28.6 Å². The molecule has 0 aliphatic rings. The van der Waals surface area contributed by atoms with Gasteiger partial charge in [0.25, 0.3) is 0 Å². The van der Waals surface area contributed by atoms with Crippen LogP contribution in [0.3, 0.4) is 0 Å². The number of benzene rings is 1. The molecule has 13 heteroatoms. The van der Waals surface area contributed by atoms with Crippen LogP contribution < -0.4 is 14.2 Å². The summed E-state index contributed by atoms with van der Waals surface area (Å²) in [6, 6.07) is 8.62. The molecule has 1 N–H and O–H groups in total. The van der Waals surface area contributed by atoms with Crippen molar-refractivity contribution in [2.75, 3.05) is 18.9 Å². The van der Waals surface area contributed by atoms with Crippen molar-refractivity contribution < 1.29 is 22.3 Å². The SMILES string of the molecule is C=NC(=N/C=C(\C)F)[C@H](C)[C@@H](C)S(=O)(=O)Nc1nnc(-c2cccnc2)n1-c1c(OC)cccc1OC.